The topological polar surface area (TPSA) is 29.5 Å². The van der Waals surface area contributed by atoms with Crippen LogP contribution >= 0.6 is 0 Å². The lowest BCUT2D eigenvalue weighted by Gasteiger charge is -2.23. The van der Waals surface area contributed by atoms with Gasteiger partial charge in [0.05, 0.1) is 12.7 Å². The number of ether oxygens (including phenoxy) is 1. The summed E-state index contributed by atoms with van der Waals surface area (Å²) < 4.78 is 5.50. The van der Waals surface area contributed by atoms with E-state index in [1.165, 1.54) is 5.56 Å². The first-order valence-corrected chi connectivity index (χ1v) is 5.67. The molecule has 1 aliphatic rings. The molecule has 0 bridgehead atoms. The van der Waals surface area contributed by atoms with Gasteiger partial charge >= 0.3 is 0 Å². The third-order valence-corrected chi connectivity index (χ3v) is 3.22. The molecule has 2 heteroatoms. The first kappa shape index (κ1) is 10.5. The Morgan fingerprint density at radius 3 is 3.07 bits per heavy atom. The first-order chi connectivity index (χ1) is 7.22. The minimum absolute atomic E-state index is 0.349. The first-order valence-electron chi connectivity index (χ1n) is 5.67. The lowest BCUT2D eigenvalue weighted by Crippen LogP contribution is -2.14. The summed E-state index contributed by atoms with van der Waals surface area (Å²) in [6.45, 7) is 5.01. The van der Waals surface area contributed by atoms with Crippen molar-refractivity contribution in [2.24, 2.45) is 0 Å². The number of rotatable bonds is 2. The van der Waals surface area contributed by atoms with Crippen LogP contribution in [0.15, 0.2) is 18.2 Å². The van der Waals surface area contributed by atoms with E-state index in [0.29, 0.717) is 18.9 Å². The fraction of sp³-hybridized carbons (Fsp3) is 0.538. The third-order valence-electron chi connectivity index (χ3n) is 3.22. The maximum atomic E-state index is 9.86. The Morgan fingerprint density at radius 2 is 2.33 bits per heavy atom. The number of benzene rings is 1. The number of aliphatic hydroxyl groups excluding tert-OH is 1. The molecule has 1 heterocycles. The molecule has 2 atom stereocenters. The third kappa shape index (κ3) is 2.00. The molecule has 15 heavy (non-hydrogen) atoms. The van der Waals surface area contributed by atoms with Crippen molar-refractivity contribution < 1.29 is 9.84 Å². The van der Waals surface area contributed by atoms with Crippen molar-refractivity contribution >= 4 is 0 Å². The van der Waals surface area contributed by atoms with E-state index < -0.39 is 0 Å². The standard InChI is InChI=1S/C13H18O2/c1-3-9(2)10-4-5-13-11(8-10)12(14)6-7-15-13/h4-5,8-9,12,14H,3,6-7H2,1-2H3/t9?,12-/m1/s1. The number of aliphatic hydroxyl groups is 1. The molecule has 2 nitrogen and oxygen atoms in total. The van der Waals surface area contributed by atoms with Gasteiger partial charge in [0.2, 0.25) is 0 Å². The van der Waals surface area contributed by atoms with E-state index in [9.17, 15) is 5.11 Å². The monoisotopic (exact) mass is 206 g/mol. The summed E-state index contributed by atoms with van der Waals surface area (Å²) in [5, 5.41) is 9.86. The van der Waals surface area contributed by atoms with E-state index in [2.05, 4.69) is 26.0 Å². The summed E-state index contributed by atoms with van der Waals surface area (Å²) in [4.78, 5) is 0. The molecule has 0 saturated carbocycles. The van der Waals surface area contributed by atoms with Gasteiger partial charge in [-0.05, 0) is 30.0 Å². The molecular weight excluding hydrogens is 188 g/mol. The van der Waals surface area contributed by atoms with Gasteiger partial charge in [0.25, 0.3) is 0 Å². The second-order valence-corrected chi connectivity index (χ2v) is 4.26. The van der Waals surface area contributed by atoms with E-state index in [0.717, 1.165) is 17.7 Å². The van der Waals surface area contributed by atoms with Crippen molar-refractivity contribution in [2.75, 3.05) is 6.61 Å². The molecule has 2 rings (SSSR count). The molecule has 0 aliphatic carbocycles. The zero-order chi connectivity index (χ0) is 10.8. The summed E-state index contributed by atoms with van der Waals surface area (Å²) in [6, 6.07) is 6.18. The fourth-order valence-electron chi connectivity index (χ4n) is 1.94. The summed E-state index contributed by atoms with van der Waals surface area (Å²) >= 11 is 0. The molecule has 82 valence electrons. The summed E-state index contributed by atoms with van der Waals surface area (Å²) in [7, 11) is 0. The quantitative estimate of drug-likeness (QED) is 0.806. The van der Waals surface area contributed by atoms with E-state index >= 15 is 0 Å². The highest BCUT2D eigenvalue weighted by Crippen LogP contribution is 2.34. The number of hydrogen-bond acceptors (Lipinski definition) is 2. The van der Waals surface area contributed by atoms with Crippen molar-refractivity contribution in [3.63, 3.8) is 0 Å². The van der Waals surface area contributed by atoms with Crippen LogP contribution < -0.4 is 4.74 Å². The van der Waals surface area contributed by atoms with Crippen LogP contribution in [-0.4, -0.2) is 11.7 Å². The zero-order valence-corrected chi connectivity index (χ0v) is 9.36. The van der Waals surface area contributed by atoms with Gasteiger partial charge < -0.3 is 9.84 Å². The highest BCUT2D eigenvalue weighted by Gasteiger charge is 2.20. The van der Waals surface area contributed by atoms with Crippen LogP contribution in [0.5, 0.6) is 5.75 Å². The van der Waals surface area contributed by atoms with Gasteiger partial charge in [0.15, 0.2) is 0 Å². The molecule has 0 saturated heterocycles. The molecule has 0 spiro atoms. The van der Waals surface area contributed by atoms with Crippen LogP contribution in [0, 0.1) is 0 Å². The Labute approximate surface area is 90.9 Å². The van der Waals surface area contributed by atoms with E-state index in [1.54, 1.807) is 0 Å². The molecule has 0 amide bonds. The molecule has 1 N–H and O–H groups in total. The second-order valence-electron chi connectivity index (χ2n) is 4.26. The van der Waals surface area contributed by atoms with Gasteiger partial charge in [-0.1, -0.05) is 19.9 Å². The highest BCUT2D eigenvalue weighted by molar-refractivity contribution is 5.41. The largest absolute Gasteiger partial charge is 0.493 e. The molecule has 1 aliphatic heterocycles. The summed E-state index contributed by atoms with van der Waals surface area (Å²) in [6.07, 6.45) is 1.48. The Morgan fingerprint density at radius 1 is 1.53 bits per heavy atom. The van der Waals surface area contributed by atoms with E-state index in [-0.39, 0.29) is 6.10 Å². The number of hydrogen-bond donors (Lipinski definition) is 1. The minimum Gasteiger partial charge on any atom is -0.493 e. The van der Waals surface area contributed by atoms with Crippen LogP contribution in [0.4, 0.5) is 0 Å². The molecule has 1 aromatic carbocycles. The molecule has 0 aromatic heterocycles. The summed E-state index contributed by atoms with van der Waals surface area (Å²) in [5.41, 5.74) is 2.25. The SMILES string of the molecule is CCC(C)c1ccc2c(c1)[C@H](O)CCO2. The van der Waals surface area contributed by atoms with Crippen LogP contribution in [-0.2, 0) is 0 Å². The fourth-order valence-corrected chi connectivity index (χ4v) is 1.94. The van der Waals surface area contributed by atoms with E-state index in [1.807, 2.05) is 6.07 Å². The lowest BCUT2D eigenvalue weighted by atomic mass is 9.93. The van der Waals surface area contributed by atoms with Gasteiger partial charge in [-0.15, -0.1) is 0 Å². The average Bonchev–Trinajstić information content (AvgIpc) is 2.28. The normalized spacial score (nSPS) is 21.7. The maximum Gasteiger partial charge on any atom is 0.125 e. The predicted octanol–water partition coefficient (Wildman–Crippen LogP) is 3.02. The van der Waals surface area contributed by atoms with Gasteiger partial charge in [0, 0.05) is 12.0 Å². The van der Waals surface area contributed by atoms with Crippen LogP contribution in [0.1, 0.15) is 49.8 Å². The lowest BCUT2D eigenvalue weighted by molar-refractivity contribution is 0.115. The Hall–Kier alpha value is -1.02. The Kier molecular flexibility index (Phi) is 2.96. The van der Waals surface area contributed by atoms with E-state index in [4.69, 9.17) is 4.74 Å². The minimum atomic E-state index is -0.349. The predicted molar refractivity (Wildman–Crippen MR) is 60.2 cm³/mol. The average molecular weight is 206 g/mol. The van der Waals surface area contributed by atoms with Crippen molar-refractivity contribution in [2.45, 2.75) is 38.7 Å². The number of fused-ring (bicyclic) bond motifs is 1. The van der Waals surface area contributed by atoms with Crippen molar-refractivity contribution in [1.29, 1.82) is 0 Å². The smallest absolute Gasteiger partial charge is 0.125 e. The van der Waals surface area contributed by atoms with Gasteiger partial charge in [-0.3, -0.25) is 0 Å². The maximum absolute atomic E-state index is 9.86. The van der Waals surface area contributed by atoms with Crippen LogP contribution in [0.25, 0.3) is 0 Å². The van der Waals surface area contributed by atoms with Crippen molar-refractivity contribution in [1.82, 2.24) is 0 Å². The Bertz CT molecular complexity index is 346. The van der Waals surface area contributed by atoms with Crippen LogP contribution in [0.2, 0.25) is 0 Å². The Balaban J connectivity index is 2.35. The van der Waals surface area contributed by atoms with Gasteiger partial charge in [0.1, 0.15) is 5.75 Å². The zero-order valence-electron chi connectivity index (χ0n) is 9.36. The second kappa shape index (κ2) is 4.23. The molecular formula is C13H18O2. The van der Waals surface area contributed by atoms with Gasteiger partial charge in [-0.25, -0.2) is 0 Å². The molecule has 1 unspecified atom stereocenters. The van der Waals surface area contributed by atoms with Crippen molar-refractivity contribution in [3.05, 3.63) is 29.3 Å². The molecule has 0 radical (unpaired) electrons. The van der Waals surface area contributed by atoms with Gasteiger partial charge in [-0.2, -0.15) is 0 Å². The highest BCUT2D eigenvalue weighted by atomic mass is 16.5. The van der Waals surface area contributed by atoms with Crippen molar-refractivity contribution in [3.8, 4) is 5.75 Å². The molecule has 0 fully saturated rings. The summed E-state index contributed by atoms with van der Waals surface area (Å²) in [5.74, 6) is 1.39. The van der Waals surface area contributed by atoms with Crippen LogP contribution in [0.3, 0.4) is 0 Å². The molecule has 1 aromatic rings.